The van der Waals surface area contributed by atoms with Gasteiger partial charge >= 0.3 is 0 Å². The van der Waals surface area contributed by atoms with E-state index >= 15 is 0 Å². The summed E-state index contributed by atoms with van der Waals surface area (Å²) in [5.74, 6) is -0.352. The Hall–Kier alpha value is -2.69. The molecule has 9 heteroatoms. The zero-order chi connectivity index (χ0) is 22.7. The highest BCUT2D eigenvalue weighted by Crippen LogP contribution is 2.34. The minimum Gasteiger partial charge on any atom is -0.508 e. The largest absolute Gasteiger partial charge is 0.508 e. The van der Waals surface area contributed by atoms with Crippen molar-refractivity contribution in [3.05, 3.63) is 53.1 Å². The molecule has 9 nitrogen and oxygen atoms in total. The summed E-state index contributed by atoms with van der Waals surface area (Å²) in [6.45, 7) is 0.698. The molecule has 3 rings (SSSR count). The Morgan fingerprint density at radius 1 is 0.968 bits per heavy atom. The molecule has 0 spiro atoms. The van der Waals surface area contributed by atoms with Gasteiger partial charge in [-0.05, 0) is 49.6 Å². The lowest BCUT2D eigenvalue weighted by molar-refractivity contribution is -0.277. The van der Waals surface area contributed by atoms with Crippen molar-refractivity contribution in [1.29, 1.82) is 0 Å². The molecule has 168 valence electrons. The molecule has 5 atom stereocenters. The topological polar surface area (TPSA) is 157 Å². The van der Waals surface area contributed by atoms with E-state index in [0.29, 0.717) is 12.0 Å². The van der Waals surface area contributed by atoms with Gasteiger partial charge in [-0.2, -0.15) is 0 Å². The summed E-state index contributed by atoms with van der Waals surface area (Å²) in [6.07, 6.45) is -6.59. The van der Waals surface area contributed by atoms with Crippen LogP contribution in [0.25, 0.3) is 0 Å². The van der Waals surface area contributed by atoms with Crippen LogP contribution in [0.3, 0.4) is 0 Å². The predicted molar refractivity (Wildman–Crippen MR) is 108 cm³/mol. The van der Waals surface area contributed by atoms with Crippen LogP contribution in [0.5, 0.6) is 17.2 Å². The summed E-state index contributed by atoms with van der Waals surface area (Å²) in [7, 11) is 0. The van der Waals surface area contributed by atoms with Gasteiger partial charge in [0.2, 0.25) is 6.29 Å². The number of phenols is 2. The third-order valence-corrected chi connectivity index (χ3v) is 5.29. The van der Waals surface area contributed by atoms with Crippen LogP contribution < -0.4 is 4.74 Å². The van der Waals surface area contributed by atoms with Gasteiger partial charge in [-0.3, -0.25) is 4.79 Å². The molecule has 31 heavy (non-hydrogen) atoms. The first-order valence-electron chi connectivity index (χ1n) is 9.83. The molecule has 1 aliphatic rings. The van der Waals surface area contributed by atoms with Crippen molar-refractivity contribution in [2.75, 3.05) is 6.61 Å². The average molecular weight is 434 g/mol. The Balaban J connectivity index is 1.91. The van der Waals surface area contributed by atoms with Crippen molar-refractivity contribution in [2.45, 2.75) is 50.5 Å². The number of hydrogen-bond donors (Lipinski definition) is 6. The van der Waals surface area contributed by atoms with Gasteiger partial charge in [0.15, 0.2) is 5.78 Å². The second-order valence-electron chi connectivity index (χ2n) is 7.47. The van der Waals surface area contributed by atoms with Crippen LogP contribution in [0, 0.1) is 0 Å². The Morgan fingerprint density at radius 3 is 2.26 bits per heavy atom. The van der Waals surface area contributed by atoms with Gasteiger partial charge in [-0.25, -0.2) is 0 Å². The third-order valence-electron chi connectivity index (χ3n) is 5.29. The van der Waals surface area contributed by atoms with Gasteiger partial charge in [-0.1, -0.05) is 12.1 Å². The van der Waals surface area contributed by atoms with Crippen LogP contribution in [0.4, 0.5) is 0 Å². The van der Waals surface area contributed by atoms with Crippen LogP contribution in [0.15, 0.2) is 36.4 Å². The third kappa shape index (κ3) is 4.97. The molecule has 0 amide bonds. The molecular formula is C22H26O9. The quantitative estimate of drug-likeness (QED) is 0.337. The van der Waals surface area contributed by atoms with Crippen LogP contribution in [0.1, 0.15) is 28.4 Å². The molecule has 1 heterocycles. The Bertz CT molecular complexity index is 910. The summed E-state index contributed by atoms with van der Waals surface area (Å²) in [5.41, 5.74) is 1.30. The van der Waals surface area contributed by atoms with Gasteiger partial charge < -0.3 is 40.1 Å². The van der Waals surface area contributed by atoms with E-state index in [9.17, 15) is 35.4 Å². The molecule has 1 aliphatic heterocycles. The van der Waals surface area contributed by atoms with E-state index in [4.69, 9.17) is 9.47 Å². The predicted octanol–water partition coefficient (Wildman–Crippen LogP) is 0.264. The first-order valence-corrected chi connectivity index (χ1v) is 9.83. The number of aryl methyl sites for hydroxylation is 1. The minimum absolute atomic E-state index is 0.0564. The number of ketones is 1. The smallest absolute Gasteiger partial charge is 0.229 e. The molecule has 1 saturated heterocycles. The molecule has 6 N–H and O–H groups in total. The fraction of sp³-hybridized carbons (Fsp3) is 0.409. The van der Waals surface area contributed by atoms with E-state index < -0.39 is 43.1 Å². The maximum Gasteiger partial charge on any atom is 0.229 e. The van der Waals surface area contributed by atoms with E-state index in [1.54, 1.807) is 12.1 Å². The summed E-state index contributed by atoms with van der Waals surface area (Å²) in [6, 6.07) is 9.22. The van der Waals surface area contributed by atoms with E-state index in [1.807, 2.05) is 0 Å². The maximum absolute atomic E-state index is 12.2. The molecule has 2 aromatic carbocycles. The van der Waals surface area contributed by atoms with Crippen molar-refractivity contribution in [2.24, 2.45) is 0 Å². The molecule has 0 aliphatic carbocycles. The molecule has 0 radical (unpaired) electrons. The van der Waals surface area contributed by atoms with Crippen molar-refractivity contribution in [3.8, 4) is 17.2 Å². The highest BCUT2D eigenvalue weighted by atomic mass is 16.7. The number of rotatable bonds is 7. The minimum atomic E-state index is -1.61. The van der Waals surface area contributed by atoms with Crippen molar-refractivity contribution in [1.82, 2.24) is 0 Å². The second kappa shape index (κ2) is 9.63. The summed E-state index contributed by atoms with van der Waals surface area (Å²) in [5, 5.41) is 59.2. The van der Waals surface area contributed by atoms with Gasteiger partial charge in [0.05, 0.1) is 12.2 Å². The van der Waals surface area contributed by atoms with Gasteiger partial charge in [-0.15, -0.1) is 0 Å². The van der Waals surface area contributed by atoms with E-state index in [2.05, 4.69) is 0 Å². The van der Waals surface area contributed by atoms with E-state index in [-0.39, 0.29) is 29.2 Å². The summed E-state index contributed by atoms with van der Waals surface area (Å²) in [4.78, 5) is 12.2. The number of benzene rings is 2. The molecule has 0 unspecified atom stereocenters. The molecule has 0 saturated carbocycles. The number of phenolic OH excluding ortho intramolecular Hbond substituents is 2. The first-order chi connectivity index (χ1) is 14.7. The Labute approximate surface area is 178 Å². The standard InChI is InChI=1S/C22H26O9/c1-11(24)18-14(7-4-12-2-5-13(25)6-3-12)16(9-8-15(18)26)30-22-21(29)20(28)19(27)17(10-23)31-22/h2-3,5-6,8-9,17,19-23,25-29H,4,7,10H2,1H3/t17-,19-,20+,21-,22-/m1/s1. The lowest BCUT2D eigenvalue weighted by Gasteiger charge is -2.39. The average Bonchev–Trinajstić information content (AvgIpc) is 2.74. The fourth-order valence-electron chi connectivity index (χ4n) is 3.59. The number of carbonyl (C=O) groups excluding carboxylic acids is 1. The zero-order valence-corrected chi connectivity index (χ0v) is 16.9. The molecule has 2 aromatic rings. The number of hydrogen-bond acceptors (Lipinski definition) is 9. The first kappa shape index (κ1) is 23.0. The Morgan fingerprint density at radius 2 is 1.65 bits per heavy atom. The van der Waals surface area contributed by atoms with Gasteiger partial charge in [0.1, 0.15) is 41.7 Å². The van der Waals surface area contributed by atoms with Crippen LogP contribution in [-0.4, -0.2) is 73.7 Å². The zero-order valence-electron chi connectivity index (χ0n) is 16.9. The van der Waals surface area contributed by atoms with Gasteiger partial charge in [0, 0.05) is 5.56 Å². The maximum atomic E-state index is 12.2. The van der Waals surface area contributed by atoms with Crippen molar-refractivity contribution < 1.29 is 44.9 Å². The number of ether oxygens (including phenoxy) is 2. The lowest BCUT2D eigenvalue weighted by atomic mass is 9.95. The number of aliphatic hydroxyl groups excluding tert-OH is 4. The van der Waals surface area contributed by atoms with Crippen LogP contribution in [-0.2, 0) is 17.6 Å². The lowest BCUT2D eigenvalue weighted by Crippen LogP contribution is -2.60. The van der Waals surface area contributed by atoms with Crippen molar-refractivity contribution >= 4 is 5.78 Å². The fourth-order valence-corrected chi connectivity index (χ4v) is 3.59. The highest BCUT2D eigenvalue weighted by molar-refractivity contribution is 5.99. The Kier molecular flexibility index (Phi) is 7.14. The monoisotopic (exact) mass is 434 g/mol. The number of carbonyl (C=O) groups is 1. The summed E-state index contributed by atoms with van der Waals surface area (Å²) >= 11 is 0. The number of aliphatic hydroxyl groups is 4. The molecule has 0 bridgehead atoms. The van der Waals surface area contributed by atoms with Crippen LogP contribution in [0.2, 0.25) is 0 Å². The van der Waals surface area contributed by atoms with Crippen molar-refractivity contribution in [3.63, 3.8) is 0 Å². The highest BCUT2D eigenvalue weighted by Gasteiger charge is 2.45. The van der Waals surface area contributed by atoms with E-state index in [1.165, 1.54) is 31.2 Å². The van der Waals surface area contributed by atoms with Crippen LogP contribution >= 0.6 is 0 Å². The summed E-state index contributed by atoms with van der Waals surface area (Å²) < 4.78 is 11.1. The molecule has 0 aromatic heterocycles. The normalized spacial score (nSPS) is 25.9. The SMILES string of the molecule is CC(=O)c1c(O)ccc(O[C@@H]2O[C@H](CO)[C@@H](O)[C@H](O)[C@H]2O)c1CCc1ccc(O)cc1. The molecule has 1 fully saturated rings. The van der Waals surface area contributed by atoms with E-state index in [0.717, 1.165) is 5.56 Å². The van der Waals surface area contributed by atoms with Gasteiger partial charge in [0.25, 0.3) is 0 Å². The molecular weight excluding hydrogens is 408 g/mol. The number of aromatic hydroxyl groups is 2. The second-order valence-corrected chi connectivity index (χ2v) is 7.47. The number of Topliss-reactive ketones (excluding diaryl/α,β-unsaturated/α-hetero) is 1.